The number of rotatable bonds is 5. The lowest BCUT2D eigenvalue weighted by atomic mass is 10.1. The van der Waals surface area contributed by atoms with E-state index in [2.05, 4.69) is 15.5 Å². The van der Waals surface area contributed by atoms with Gasteiger partial charge in [-0.25, -0.2) is 0 Å². The number of nitrogens with two attached hydrogens (primary N) is 1. The molecule has 0 spiro atoms. The van der Waals surface area contributed by atoms with Gasteiger partial charge in [0.2, 0.25) is 0 Å². The molecule has 2 aromatic rings. The minimum atomic E-state index is -1.01. The van der Waals surface area contributed by atoms with Gasteiger partial charge in [0.15, 0.2) is 5.69 Å². The highest BCUT2D eigenvalue weighted by Gasteiger charge is 2.23. The van der Waals surface area contributed by atoms with Crippen molar-refractivity contribution in [3.8, 4) is 0 Å². The number of fused-ring (bicyclic) bond motifs is 1. The van der Waals surface area contributed by atoms with Crippen LogP contribution < -0.4 is 11.1 Å². The fourth-order valence-electron chi connectivity index (χ4n) is 2.30. The van der Waals surface area contributed by atoms with E-state index in [0.29, 0.717) is 17.6 Å². The van der Waals surface area contributed by atoms with E-state index in [9.17, 15) is 9.90 Å². The summed E-state index contributed by atoms with van der Waals surface area (Å²) in [5.74, 6) is -0.342. The lowest BCUT2D eigenvalue weighted by molar-refractivity contribution is 0.0325. The van der Waals surface area contributed by atoms with Crippen LogP contribution in [0.4, 0.5) is 5.69 Å². The highest BCUT2D eigenvalue weighted by atomic mass is 16.3. The normalized spacial score (nSPS) is 14.3. The van der Waals surface area contributed by atoms with E-state index in [1.165, 1.54) is 0 Å². The Morgan fingerprint density at radius 3 is 2.90 bits per heavy atom. The van der Waals surface area contributed by atoms with Crippen molar-refractivity contribution in [2.45, 2.75) is 12.5 Å². The van der Waals surface area contributed by atoms with Gasteiger partial charge >= 0.3 is 0 Å². The van der Waals surface area contributed by atoms with Gasteiger partial charge in [0.25, 0.3) is 5.91 Å². The van der Waals surface area contributed by atoms with E-state index in [4.69, 9.17) is 5.73 Å². The van der Waals surface area contributed by atoms with Crippen molar-refractivity contribution in [2.24, 2.45) is 0 Å². The predicted molar refractivity (Wildman–Crippen MR) is 82.0 cm³/mol. The number of H-pyrrole nitrogens is 1. The number of nitrogens with one attached hydrogen (secondary N) is 2. The largest absolute Gasteiger partial charge is 0.399 e. The first kappa shape index (κ1) is 15.3. The molecule has 0 aliphatic rings. The summed E-state index contributed by atoms with van der Waals surface area (Å²) in [5, 5.41) is 20.4. The van der Waals surface area contributed by atoms with E-state index in [1.807, 2.05) is 19.0 Å². The number of aromatic amines is 1. The summed E-state index contributed by atoms with van der Waals surface area (Å²) in [6.07, 6.45) is 0. The van der Waals surface area contributed by atoms with Gasteiger partial charge in [0, 0.05) is 24.2 Å². The molecule has 1 atom stereocenters. The van der Waals surface area contributed by atoms with Gasteiger partial charge in [0.1, 0.15) is 0 Å². The summed E-state index contributed by atoms with van der Waals surface area (Å²) in [5.41, 5.74) is 6.31. The number of hydrogen-bond donors (Lipinski definition) is 4. The van der Waals surface area contributed by atoms with Gasteiger partial charge in [0.05, 0.1) is 11.1 Å². The monoisotopic (exact) mass is 291 g/mol. The van der Waals surface area contributed by atoms with E-state index in [0.717, 1.165) is 5.52 Å². The molecule has 114 valence electrons. The third-order valence-corrected chi connectivity index (χ3v) is 3.09. The summed E-state index contributed by atoms with van der Waals surface area (Å²) in [7, 11) is 3.72. The molecule has 21 heavy (non-hydrogen) atoms. The Morgan fingerprint density at radius 1 is 1.52 bits per heavy atom. The maximum atomic E-state index is 12.2. The third-order valence-electron chi connectivity index (χ3n) is 3.09. The molecule has 0 fully saturated rings. The zero-order chi connectivity index (χ0) is 15.6. The van der Waals surface area contributed by atoms with Crippen LogP contribution in [0, 0.1) is 0 Å². The SMILES string of the molecule is CN(C)CC(C)(O)CNC(=O)c1n[nH]c2ccc(N)cc12. The number of aromatic nitrogens is 2. The van der Waals surface area contributed by atoms with Gasteiger partial charge in [-0.3, -0.25) is 9.89 Å². The molecule has 0 saturated heterocycles. The molecule has 2 rings (SSSR count). The van der Waals surface area contributed by atoms with Crippen molar-refractivity contribution in [1.82, 2.24) is 20.4 Å². The van der Waals surface area contributed by atoms with Crippen molar-refractivity contribution >= 4 is 22.5 Å². The second-order valence-corrected chi connectivity index (χ2v) is 5.79. The molecule has 0 aliphatic carbocycles. The topological polar surface area (TPSA) is 107 Å². The van der Waals surface area contributed by atoms with Crippen molar-refractivity contribution in [3.63, 3.8) is 0 Å². The van der Waals surface area contributed by atoms with E-state index >= 15 is 0 Å². The molecule has 0 radical (unpaired) electrons. The number of carbonyl (C=O) groups excluding carboxylic acids is 1. The molecule has 1 aromatic heterocycles. The number of nitrogen functional groups attached to an aromatic ring is 1. The fraction of sp³-hybridized carbons (Fsp3) is 0.429. The van der Waals surface area contributed by atoms with Crippen LogP contribution in [0.2, 0.25) is 0 Å². The smallest absolute Gasteiger partial charge is 0.272 e. The Kier molecular flexibility index (Phi) is 4.15. The molecule has 5 N–H and O–H groups in total. The molecular formula is C14H21N5O2. The minimum absolute atomic E-state index is 0.140. The first-order valence-corrected chi connectivity index (χ1v) is 6.67. The van der Waals surface area contributed by atoms with Gasteiger partial charge in [-0.1, -0.05) is 0 Å². The number of nitrogens with zero attached hydrogens (tertiary/aromatic N) is 2. The van der Waals surface area contributed by atoms with Crippen LogP contribution in [-0.2, 0) is 0 Å². The predicted octanol–water partition coefficient (Wildman–Crippen LogP) is 0.188. The summed E-state index contributed by atoms with van der Waals surface area (Å²) >= 11 is 0. The standard InChI is InChI=1S/C14H21N5O2/c1-14(21,8-19(2)3)7-16-13(20)12-10-6-9(15)4-5-11(10)17-18-12/h4-6,21H,7-8,15H2,1-3H3,(H,16,20)(H,17,18). The summed E-state index contributed by atoms with van der Waals surface area (Å²) in [4.78, 5) is 14.1. The quantitative estimate of drug-likeness (QED) is 0.588. The highest BCUT2D eigenvalue weighted by Crippen LogP contribution is 2.18. The number of carbonyl (C=O) groups is 1. The molecule has 7 heteroatoms. The van der Waals surface area contributed by atoms with Gasteiger partial charge in [-0.15, -0.1) is 0 Å². The first-order valence-electron chi connectivity index (χ1n) is 6.67. The molecule has 0 saturated carbocycles. The Hall–Kier alpha value is -2.12. The first-order chi connectivity index (χ1) is 9.78. The number of benzene rings is 1. The van der Waals surface area contributed by atoms with Gasteiger partial charge < -0.3 is 21.1 Å². The summed E-state index contributed by atoms with van der Waals surface area (Å²) < 4.78 is 0. The van der Waals surface area contributed by atoms with Crippen LogP contribution in [-0.4, -0.2) is 58.9 Å². The van der Waals surface area contributed by atoms with E-state index < -0.39 is 5.60 Å². The zero-order valence-corrected chi connectivity index (χ0v) is 12.5. The molecule has 0 aliphatic heterocycles. The second-order valence-electron chi connectivity index (χ2n) is 5.79. The maximum Gasteiger partial charge on any atom is 0.272 e. The second kappa shape index (κ2) is 5.71. The number of anilines is 1. The van der Waals surface area contributed by atoms with Crippen LogP contribution in [0.3, 0.4) is 0 Å². The van der Waals surface area contributed by atoms with Crippen LogP contribution in [0.15, 0.2) is 18.2 Å². The van der Waals surface area contributed by atoms with E-state index in [1.54, 1.807) is 25.1 Å². The number of likely N-dealkylation sites (N-methyl/N-ethyl adjacent to an activating group) is 1. The third kappa shape index (κ3) is 3.71. The molecule has 1 aromatic carbocycles. The number of hydrogen-bond acceptors (Lipinski definition) is 5. The van der Waals surface area contributed by atoms with E-state index in [-0.39, 0.29) is 18.1 Å². The number of amides is 1. The average molecular weight is 291 g/mol. The number of aliphatic hydroxyl groups is 1. The summed E-state index contributed by atoms with van der Waals surface area (Å²) in [6, 6.07) is 5.21. The molecule has 1 heterocycles. The molecule has 1 amide bonds. The lowest BCUT2D eigenvalue weighted by Gasteiger charge is -2.26. The van der Waals surface area contributed by atoms with Crippen LogP contribution in [0.1, 0.15) is 17.4 Å². The Balaban J connectivity index is 2.11. The zero-order valence-electron chi connectivity index (χ0n) is 12.5. The molecule has 7 nitrogen and oxygen atoms in total. The fourth-order valence-corrected chi connectivity index (χ4v) is 2.30. The highest BCUT2D eigenvalue weighted by molar-refractivity contribution is 6.05. The Morgan fingerprint density at radius 2 is 2.24 bits per heavy atom. The summed E-state index contributed by atoms with van der Waals surface area (Å²) in [6.45, 7) is 2.26. The minimum Gasteiger partial charge on any atom is -0.399 e. The van der Waals surface area contributed by atoms with Gasteiger partial charge in [-0.2, -0.15) is 5.10 Å². The Bertz CT molecular complexity index is 648. The molecule has 1 unspecified atom stereocenters. The van der Waals surface area contributed by atoms with Gasteiger partial charge in [-0.05, 0) is 39.2 Å². The van der Waals surface area contributed by atoms with Crippen LogP contribution in [0.5, 0.6) is 0 Å². The average Bonchev–Trinajstić information content (AvgIpc) is 2.77. The molecular weight excluding hydrogens is 270 g/mol. The van der Waals surface area contributed by atoms with Crippen molar-refractivity contribution in [1.29, 1.82) is 0 Å². The van der Waals surface area contributed by atoms with Crippen molar-refractivity contribution < 1.29 is 9.90 Å². The molecule has 0 bridgehead atoms. The lowest BCUT2D eigenvalue weighted by Crippen LogP contribution is -2.47. The maximum absolute atomic E-state index is 12.2. The van der Waals surface area contributed by atoms with Crippen LogP contribution >= 0.6 is 0 Å². The van der Waals surface area contributed by atoms with Crippen molar-refractivity contribution in [3.05, 3.63) is 23.9 Å². The Labute approximate surface area is 123 Å². The van der Waals surface area contributed by atoms with Crippen molar-refractivity contribution in [2.75, 3.05) is 32.9 Å². The van der Waals surface area contributed by atoms with Crippen LogP contribution in [0.25, 0.3) is 10.9 Å².